The number of halogens is 3. The molecule has 8 heteroatoms. The van der Waals surface area contributed by atoms with E-state index in [1.165, 1.54) is 24.6 Å². The highest BCUT2D eigenvalue weighted by molar-refractivity contribution is 9.10. The number of carbonyl (C=O) groups excluding carboxylic acids is 1. The molecule has 0 spiro atoms. The number of carbonyl (C=O) groups is 1. The predicted octanol–water partition coefficient (Wildman–Crippen LogP) is 4.84. The summed E-state index contributed by atoms with van der Waals surface area (Å²) in [5.74, 6) is -0.920. The largest absolute Gasteiger partial charge is 0.492 e. The summed E-state index contributed by atoms with van der Waals surface area (Å²) in [6.45, 7) is 8.65. The lowest BCUT2D eigenvalue weighted by Crippen LogP contribution is -2.48. The standard InChI is InChI=1S/C26H33BrF2N2O3/c1-15(32)31-23(11-16-7-18(28)12-19(29)8-16)24(33)14-30-22-5-6-34-25-20(22)9-17(10-21(25)27)13-26(2,3)4/h7-10,12,22-24,30,33H,5-6,11,13-14H2,1-4H3,(H,31,32)/t22?,23-,24+/m0/s1. The summed E-state index contributed by atoms with van der Waals surface area (Å²) in [4.78, 5) is 11.7. The molecule has 1 amide bonds. The molecule has 0 bridgehead atoms. The van der Waals surface area contributed by atoms with Crippen molar-refractivity contribution in [3.63, 3.8) is 0 Å². The Hall–Kier alpha value is -2.03. The summed E-state index contributed by atoms with van der Waals surface area (Å²) in [5, 5.41) is 17.0. The Morgan fingerprint density at radius 3 is 2.47 bits per heavy atom. The van der Waals surface area contributed by atoms with Crippen LogP contribution in [0.1, 0.15) is 56.8 Å². The van der Waals surface area contributed by atoms with Gasteiger partial charge in [0.15, 0.2) is 0 Å². The lowest BCUT2D eigenvalue weighted by atomic mass is 9.86. The van der Waals surface area contributed by atoms with Crippen LogP contribution in [0.25, 0.3) is 0 Å². The molecule has 0 saturated carbocycles. The van der Waals surface area contributed by atoms with E-state index in [1.54, 1.807) is 0 Å². The summed E-state index contributed by atoms with van der Waals surface area (Å²) >= 11 is 3.64. The average molecular weight is 539 g/mol. The number of aliphatic hydroxyl groups is 1. The lowest BCUT2D eigenvalue weighted by molar-refractivity contribution is -0.120. The first-order valence-corrected chi connectivity index (χ1v) is 12.3. The molecule has 0 fully saturated rings. The number of amides is 1. The van der Waals surface area contributed by atoms with Crippen LogP contribution < -0.4 is 15.4 Å². The summed E-state index contributed by atoms with van der Waals surface area (Å²) in [5.41, 5.74) is 2.71. The van der Waals surface area contributed by atoms with Gasteiger partial charge in [0.1, 0.15) is 17.4 Å². The fourth-order valence-corrected chi connectivity index (χ4v) is 5.01. The van der Waals surface area contributed by atoms with Crippen LogP contribution in [0.2, 0.25) is 0 Å². The van der Waals surface area contributed by atoms with Gasteiger partial charge in [-0.3, -0.25) is 4.79 Å². The number of rotatable bonds is 8. The van der Waals surface area contributed by atoms with E-state index in [0.29, 0.717) is 12.2 Å². The highest BCUT2D eigenvalue weighted by Crippen LogP contribution is 2.40. The second-order valence-electron chi connectivity index (χ2n) is 10.2. The van der Waals surface area contributed by atoms with E-state index in [4.69, 9.17) is 4.74 Å². The number of hydrogen-bond acceptors (Lipinski definition) is 4. The highest BCUT2D eigenvalue weighted by atomic mass is 79.9. The predicted molar refractivity (Wildman–Crippen MR) is 132 cm³/mol. The van der Waals surface area contributed by atoms with E-state index in [1.807, 2.05) is 0 Å². The smallest absolute Gasteiger partial charge is 0.217 e. The molecule has 0 saturated heterocycles. The van der Waals surface area contributed by atoms with Gasteiger partial charge in [-0.25, -0.2) is 8.78 Å². The van der Waals surface area contributed by atoms with Gasteiger partial charge in [0.25, 0.3) is 0 Å². The number of fused-ring (bicyclic) bond motifs is 1. The normalized spacial score (nSPS) is 17.5. The molecule has 1 heterocycles. The summed E-state index contributed by atoms with van der Waals surface area (Å²) < 4.78 is 34.1. The Balaban J connectivity index is 1.74. The molecule has 34 heavy (non-hydrogen) atoms. The van der Waals surface area contributed by atoms with Crippen molar-refractivity contribution >= 4 is 21.8 Å². The van der Waals surface area contributed by atoms with Crippen LogP contribution in [0.4, 0.5) is 8.78 Å². The topological polar surface area (TPSA) is 70.6 Å². The van der Waals surface area contributed by atoms with Gasteiger partial charge >= 0.3 is 0 Å². The fourth-order valence-electron chi connectivity index (χ4n) is 4.38. The zero-order valence-corrected chi connectivity index (χ0v) is 21.6. The molecule has 3 atom stereocenters. The van der Waals surface area contributed by atoms with Crippen LogP contribution in [-0.2, 0) is 17.6 Å². The van der Waals surface area contributed by atoms with Crippen LogP contribution in [0.15, 0.2) is 34.8 Å². The molecule has 0 aliphatic carbocycles. The lowest BCUT2D eigenvalue weighted by Gasteiger charge is -2.31. The quantitative estimate of drug-likeness (QED) is 0.449. The van der Waals surface area contributed by atoms with Gasteiger partial charge < -0.3 is 20.5 Å². The van der Waals surface area contributed by atoms with E-state index >= 15 is 0 Å². The van der Waals surface area contributed by atoms with Crippen molar-refractivity contribution in [2.45, 2.75) is 65.1 Å². The van der Waals surface area contributed by atoms with Crippen molar-refractivity contribution in [2.75, 3.05) is 13.2 Å². The summed E-state index contributed by atoms with van der Waals surface area (Å²) in [6, 6.07) is 6.71. The average Bonchev–Trinajstić information content (AvgIpc) is 2.69. The van der Waals surface area contributed by atoms with Gasteiger partial charge in [0, 0.05) is 37.6 Å². The van der Waals surface area contributed by atoms with E-state index < -0.39 is 23.8 Å². The van der Waals surface area contributed by atoms with E-state index in [0.717, 1.165) is 34.7 Å². The van der Waals surface area contributed by atoms with E-state index in [9.17, 15) is 18.7 Å². The van der Waals surface area contributed by atoms with Gasteiger partial charge in [-0.05, 0) is 63.5 Å². The first kappa shape index (κ1) is 26.6. The second kappa shape index (κ2) is 11.1. The summed E-state index contributed by atoms with van der Waals surface area (Å²) in [6.07, 6.45) is 0.763. The molecule has 186 valence electrons. The van der Waals surface area contributed by atoms with Crippen molar-refractivity contribution in [1.29, 1.82) is 0 Å². The van der Waals surface area contributed by atoms with Crippen LogP contribution in [-0.4, -0.2) is 36.3 Å². The maximum atomic E-state index is 13.6. The minimum atomic E-state index is -0.970. The van der Waals surface area contributed by atoms with Gasteiger partial charge in [-0.15, -0.1) is 0 Å². The maximum absolute atomic E-state index is 13.6. The molecule has 0 aromatic heterocycles. The van der Waals surface area contributed by atoms with Crippen LogP contribution in [0.5, 0.6) is 5.75 Å². The number of ether oxygens (including phenoxy) is 1. The Bertz CT molecular complexity index is 1010. The van der Waals surface area contributed by atoms with Crippen LogP contribution in [0.3, 0.4) is 0 Å². The minimum absolute atomic E-state index is 0.0424. The molecule has 3 rings (SSSR count). The van der Waals surface area contributed by atoms with Crippen molar-refractivity contribution in [3.05, 3.63) is 63.1 Å². The number of aliphatic hydroxyl groups excluding tert-OH is 1. The molecular weight excluding hydrogens is 506 g/mol. The number of benzene rings is 2. The van der Waals surface area contributed by atoms with Crippen molar-refractivity contribution in [1.82, 2.24) is 10.6 Å². The Kier molecular flexibility index (Phi) is 8.71. The molecule has 0 radical (unpaired) electrons. The van der Waals surface area contributed by atoms with Gasteiger partial charge in [0.05, 0.1) is 23.2 Å². The van der Waals surface area contributed by atoms with Gasteiger partial charge in [-0.1, -0.05) is 26.8 Å². The summed E-state index contributed by atoms with van der Waals surface area (Å²) in [7, 11) is 0. The Labute approximate surface area is 208 Å². The van der Waals surface area contributed by atoms with Gasteiger partial charge in [-0.2, -0.15) is 0 Å². The molecule has 5 nitrogen and oxygen atoms in total. The van der Waals surface area contributed by atoms with Crippen molar-refractivity contribution in [2.24, 2.45) is 5.41 Å². The molecular formula is C26H33BrF2N2O3. The van der Waals surface area contributed by atoms with Crippen molar-refractivity contribution < 1.29 is 23.4 Å². The van der Waals surface area contributed by atoms with Crippen LogP contribution >= 0.6 is 15.9 Å². The number of hydrogen-bond donors (Lipinski definition) is 3. The third-order valence-electron chi connectivity index (χ3n) is 5.70. The van der Waals surface area contributed by atoms with E-state index in [-0.39, 0.29) is 30.3 Å². The van der Waals surface area contributed by atoms with Crippen molar-refractivity contribution in [3.8, 4) is 5.75 Å². The molecule has 1 aliphatic rings. The molecule has 1 aliphatic heterocycles. The first-order valence-electron chi connectivity index (χ1n) is 11.5. The zero-order chi connectivity index (χ0) is 25.0. The Morgan fingerprint density at radius 2 is 1.85 bits per heavy atom. The molecule has 3 N–H and O–H groups in total. The monoisotopic (exact) mass is 538 g/mol. The minimum Gasteiger partial charge on any atom is -0.492 e. The first-order chi connectivity index (χ1) is 15.9. The van der Waals surface area contributed by atoms with Gasteiger partial charge in [0.2, 0.25) is 5.91 Å². The second-order valence-corrected chi connectivity index (χ2v) is 11.0. The molecule has 2 aromatic rings. The maximum Gasteiger partial charge on any atom is 0.217 e. The zero-order valence-electron chi connectivity index (χ0n) is 20.1. The SMILES string of the molecule is CC(=O)N[C@@H](Cc1cc(F)cc(F)c1)[C@H](O)CNC1CCOc2c(Br)cc(CC(C)(C)C)cc21. The third kappa shape index (κ3) is 7.48. The molecule has 1 unspecified atom stereocenters. The Morgan fingerprint density at radius 1 is 1.18 bits per heavy atom. The highest BCUT2D eigenvalue weighted by Gasteiger charge is 2.27. The third-order valence-corrected chi connectivity index (χ3v) is 6.29. The number of nitrogens with one attached hydrogen (secondary N) is 2. The van der Waals surface area contributed by atoms with Crippen LogP contribution in [0, 0.1) is 17.0 Å². The van der Waals surface area contributed by atoms with E-state index in [2.05, 4.69) is 59.5 Å². The molecule has 2 aromatic carbocycles. The fraction of sp³-hybridized carbons (Fsp3) is 0.500.